The number of rotatable bonds is 6. The van der Waals surface area contributed by atoms with Crippen LogP contribution in [0.5, 0.6) is 0 Å². The van der Waals surface area contributed by atoms with Crippen molar-refractivity contribution in [3.63, 3.8) is 0 Å². The van der Waals surface area contributed by atoms with Crippen molar-refractivity contribution in [1.82, 2.24) is 9.62 Å². The Morgan fingerprint density at radius 1 is 1.06 bits per heavy atom. The lowest BCUT2D eigenvalue weighted by Crippen LogP contribution is -2.47. The van der Waals surface area contributed by atoms with Crippen molar-refractivity contribution in [2.75, 3.05) is 18.4 Å². The second kappa shape index (κ2) is 9.79. The number of nitrogens with one attached hydrogen (secondary N) is 2. The summed E-state index contributed by atoms with van der Waals surface area (Å²) in [4.78, 5) is 25.2. The molecule has 172 valence electrons. The van der Waals surface area contributed by atoms with Gasteiger partial charge in [0, 0.05) is 24.7 Å². The summed E-state index contributed by atoms with van der Waals surface area (Å²) in [5, 5.41) is 5.26. The fourth-order valence-corrected chi connectivity index (χ4v) is 5.01. The number of carbonyl (C=O) groups excluding carboxylic acids is 2. The molecule has 2 amide bonds. The normalized spacial score (nSPS) is 16.4. The lowest BCUT2D eigenvalue weighted by molar-refractivity contribution is -0.129. The number of anilines is 1. The summed E-state index contributed by atoms with van der Waals surface area (Å²) in [7, 11) is -3.60. The van der Waals surface area contributed by atoms with Crippen LogP contribution in [0.4, 0.5) is 10.1 Å². The Balaban J connectivity index is 1.53. The number of sulfonamides is 1. The number of piperidine rings is 1. The monoisotopic (exact) mass is 461 g/mol. The largest absolute Gasteiger partial charge is 0.344 e. The molecule has 0 bridgehead atoms. The minimum Gasteiger partial charge on any atom is -0.344 e. The Bertz CT molecular complexity index is 1090. The number of hydrogen-bond acceptors (Lipinski definition) is 4. The number of carbonyl (C=O) groups is 2. The van der Waals surface area contributed by atoms with Gasteiger partial charge in [0.15, 0.2) is 0 Å². The Morgan fingerprint density at radius 2 is 1.69 bits per heavy atom. The van der Waals surface area contributed by atoms with Crippen LogP contribution < -0.4 is 10.6 Å². The smallest absolute Gasteiger partial charge is 0.246 e. The lowest BCUT2D eigenvalue weighted by Gasteiger charge is -2.31. The summed E-state index contributed by atoms with van der Waals surface area (Å²) in [6, 6.07) is 10.2. The van der Waals surface area contributed by atoms with Gasteiger partial charge in [-0.05, 0) is 63.4 Å². The van der Waals surface area contributed by atoms with Crippen LogP contribution in [0.25, 0.3) is 0 Å². The molecule has 0 aliphatic carbocycles. The third kappa shape index (κ3) is 5.52. The molecule has 1 atom stereocenters. The average Bonchev–Trinajstić information content (AvgIpc) is 2.76. The van der Waals surface area contributed by atoms with Gasteiger partial charge in [-0.1, -0.05) is 23.8 Å². The Hall–Kier alpha value is -2.78. The molecule has 3 rings (SSSR count). The summed E-state index contributed by atoms with van der Waals surface area (Å²) in [6.07, 6.45) is 0.739. The lowest BCUT2D eigenvalue weighted by atomic mass is 9.97. The van der Waals surface area contributed by atoms with Gasteiger partial charge in [-0.25, -0.2) is 12.8 Å². The predicted molar refractivity (Wildman–Crippen MR) is 120 cm³/mol. The van der Waals surface area contributed by atoms with Crippen molar-refractivity contribution in [3.05, 3.63) is 59.4 Å². The van der Waals surface area contributed by atoms with E-state index in [1.807, 2.05) is 6.92 Å². The molecule has 0 saturated carbocycles. The number of benzene rings is 2. The highest BCUT2D eigenvalue weighted by Gasteiger charge is 2.32. The Morgan fingerprint density at radius 3 is 2.28 bits per heavy atom. The number of halogens is 1. The zero-order valence-electron chi connectivity index (χ0n) is 18.4. The van der Waals surface area contributed by atoms with E-state index < -0.39 is 27.8 Å². The summed E-state index contributed by atoms with van der Waals surface area (Å²) in [6.45, 7) is 5.53. The fraction of sp³-hybridized carbons (Fsp3) is 0.391. The molecule has 2 aromatic rings. The maximum Gasteiger partial charge on any atom is 0.246 e. The molecule has 2 N–H and O–H groups in total. The predicted octanol–water partition coefficient (Wildman–Crippen LogP) is 2.99. The van der Waals surface area contributed by atoms with E-state index in [9.17, 15) is 22.4 Å². The van der Waals surface area contributed by atoms with E-state index in [1.54, 1.807) is 50.2 Å². The van der Waals surface area contributed by atoms with Crippen LogP contribution in [0.1, 0.15) is 30.9 Å². The highest BCUT2D eigenvalue weighted by Crippen LogP contribution is 2.24. The van der Waals surface area contributed by atoms with Crippen LogP contribution in [-0.4, -0.2) is 43.7 Å². The van der Waals surface area contributed by atoms with E-state index in [-0.39, 0.29) is 29.8 Å². The first kappa shape index (κ1) is 23.9. The Labute approximate surface area is 188 Å². The molecule has 1 fully saturated rings. The molecule has 0 spiro atoms. The molecular formula is C23H28FN3O4S. The molecule has 1 saturated heterocycles. The van der Waals surface area contributed by atoms with Gasteiger partial charge < -0.3 is 10.6 Å². The second-order valence-corrected chi connectivity index (χ2v) is 10.1. The minimum absolute atomic E-state index is 0.234. The minimum atomic E-state index is -3.60. The molecule has 1 heterocycles. The number of aryl methyl sites for hydroxylation is 2. The van der Waals surface area contributed by atoms with Gasteiger partial charge in [-0.3, -0.25) is 9.59 Å². The van der Waals surface area contributed by atoms with Gasteiger partial charge in [-0.2, -0.15) is 4.31 Å². The van der Waals surface area contributed by atoms with Crippen LogP contribution in [0.3, 0.4) is 0 Å². The molecule has 0 aromatic heterocycles. The maximum absolute atomic E-state index is 13.7. The zero-order valence-corrected chi connectivity index (χ0v) is 19.2. The molecule has 1 aliphatic rings. The average molecular weight is 462 g/mol. The number of amides is 2. The van der Waals surface area contributed by atoms with Crippen molar-refractivity contribution in [1.29, 1.82) is 0 Å². The molecule has 0 radical (unpaired) electrons. The molecule has 1 aliphatic heterocycles. The quantitative estimate of drug-likeness (QED) is 0.691. The first-order valence-corrected chi connectivity index (χ1v) is 12.0. The Kier molecular flexibility index (Phi) is 7.30. The van der Waals surface area contributed by atoms with Gasteiger partial charge >= 0.3 is 0 Å². The fourth-order valence-electron chi connectivity index (χ4n) is 3.54. The first-order valence-electron chi connectivity index (χ1n) is 10.5. The van der Waals surface area contributed by atoms with Gasteiger partial charge in [0.2, 0.25) is 21.8 Å². The van der Waals surface area contributed by atoms with Crippen molar-refractivity contribution >= 4 is 27.5 Å². The SMILES string of the molecule is Cc1ccc(S(=O)(=O)N2CCC(C(=O)NC(C)C(=O)Nc3ccc(C)c(F)c3)CC2)cc1. The summed E-state index contributed by atoms with van der Waals surface area (Å²) >= 11 is 0. The standard InChI is InChI=1S/C23H28FN3O4S/c1-15-4-8-20(9-5-15)32(30,31)27-12-10-18(11-13-27)23(29)25-17(3)22(28)26-19-7-6-16(2)21(24)14-19/h4-9,14,17-18H,10-13H2,1-3H3,(H,25,29)(H,26,28). The van der Waals surface area contributed by atoms with Crippen LogP contribution in [0.2, 0.25) is 0 Å². The third-order valence-electron chi connectivity index (χ3n) is 5.67. The first-order chi connectivity index (χ1) is 15.1. The number of nitrogens with zero attached hydrogens (tertiary/aromatic N) is 1. The van der Waals surface area contributed by atoms with Crippen molar-refractivity contribution in [3.8, 4) is 0 Å². The number of hydrogen-bond donors (Lipinski definition) is 2. The molecule has 32 heavy (non-hydrogen) atoms. The maximum atomic E-state index is 13.7. The van der Waals surface area contributed by atoms with Gasteiger partial charge in [0.1, 0.15) is 11.9 Å². The van der Waals surface area contributed by atoms with Crippen molar-refractivity contribution in [2.45, 2.75) is 44.6 Å². The van der Waals surface area contributed by atoms with E-state index in [1.165, 1.54) is 10.4 Å². The van der Waals surface area contributed by atoms with Crippen LogP contribution in [-0.2, 0) is 19.6 Å². The topological polar surface area (TPSA) is 95.6 Å². The summed E-state index contributed by atoms with van der Waals surface area (Å²) in [5.74, 6) is -1.56. The van der Waals surface area contributed by atoms with Crippen LogP contribution in [0.15, 0.2) is 47.4 Å². The van der Waals surface area contributed by atoms with Gasteiger partial charge in [0.25, 0.3) is 0 Å². The second-order valence-electron chi connectivity index (χ2n) is 8.17. The molecule has 9 heteroatoms. The zero-order chi connectivity index (χ0) is 23.5. The molecule has 2 aromatic carbocycles. The van der Waals surface area contributed by atoms with Crippen LogP contribution >= 0.6 is 0 Å². The molecule has 1 unspecified atom stereocenters. The van der Waals surface area contributed by atoms with Crippen molar-refractivity contribution < 1.29 is 22.4 Å². The van der Waals surface area contributed by atoms with Gasteiger partial charge in [0.05, 0.1) is 4.90 Å². The van der Waals surface area contributed by atoms with E-state index in [0.29, 0.717) is 24.1 Å². The van der Waals surface area contributed by atoms with Crippen molar-refractivity contribution in [2.24, 2.45) is 5.92 Å². The highest BCUT2D eigenvalue weighted by molar-refractivity contribution is 7.89. The molecular weight excluding hydrogens is 433 g/mol. The highest BCUT2D eigenvalue weighted by atomic mass is 32.2. The van der Waals surface area contributed by atoms with E-state index >= 15 is 0 Å². The van der Waals surface area contributed by atoms with E-state index in [0.717, 1.165) is 5.56 Å². The third-order valence-corrected chi connectivity index (χ3v) is 7.59. The molecule has 7 nitrogen and oxygen atoms in total. The van der Waals surface area contributed by atoms with Gasteiger partial charge in [-0.15, -0.1) is 0 Å². The van der Waals surface area contributed by atoms with Crippen LogP contribution in [0, 0.1) is 25.6 Å². The summed E-state index contributed by atoms with van der Waals surface area (Å²) in [5.41, 5.74) is 1.76. The summed E-state index contributed by atoms with van der Waals surface area (Å²) < 4.78 is 40.7. The van der Waals surface area contributed by atoms with E-state index in [2.05, 4.69) is 10.6 Å². The van der Waals surface area contributed by atoms with E-state index in [4.69, 9.17) is 0 Å².